The van der Waals surface area contributed by atoms with Crippen LogP contribution < -0.4 is 14.5 Å². The Bertz CT molecular complexity index is 1060. The standard InChI is InChI=1S/C22H32BrN5O3S/c1-15(7-10-29)5-8-26-32(30,31)20-13-24-21(11-16(20)2)28-9-6-17-18(14-28)22(27(3)4)25-12-19(17)23/h11-13,15,26,29H,5-10,14H2,1-4H3. The van der Waals surface area contributed by atoms with E-state index in [1.54, 1.807) is 6.92 Å². The monoisotopic (exact) mass is 525 g/mol. The van der Waals surface area contributed by atoms with Gasteiger partial charge in [0.15, 0.2) is 0 Å². The summed E-state index contributed by atoms with van der Waals surface area (Å²) in [4.78, 5) is 13.4. The van der Waals surface area contributed by atoms with Gasteiger partial charge < -0.3 is 14.9 Å². The van der Waals surface area contributed by atoms with Gasteiger partial charge in [-0.1, -0.05) is 6.92 Å². The molecule has 176 valence electrons. The Kier molecular flexibility index (Phi) is 8.13. The van der Waals surface area contributed by atoms with Gasteiger partial charge in [0, 0.05) is 62.8 Å². The maximum atomic E-state index is 12.8. The average molecular weight is 527 g/mol. The number of aliphatic hydroxyl groups excluding tert-OH is 1. The van der Waals surface area contributed by atoms with Crippen molar-refractivity contribution in [3.05, 3.63) is 39.6 Å². The molecule has 10 heteroatoms. The molecule has 0 saturated carbocycles. The van der Waals surface area contributed by atoms with Crippen molar-refractivity contribution in [2.45, 2.75) is 44.6 Å². The summed E-state index contributed by atoms with van der Waals surface area (Å²) in [7, 11) is 0.325. The van der Waals surface area contributed by atoms with E-state index < -0.39 is 10.0 Å². The van der Waals surface area contributed by atoms with Crippen LogP contribution in [-0.4, -0.2) is 57.3 Å². The fourth-order valence-corrected chi connectivity index (χ4v) is 5.71. The van der Waals surface area contributed by atoms with Crippen LogP contribution in [0.1, 0.15) is 36.5 Å². The first kappa shape index (κ1) is 24.9. The second-order valence-electron chi connectivity index (χ2n) is 8.56. The number of fused-ring (bicyclic) bond motifs is 1. The lowest BCUT2D eigenvalue weighted by Crippen LogP contribution is -2.33. The van der Waals surface area contributed by atoms with Crippen LogP contribution in [0.2, 0.25) is 0 Å². The number of hydrogen-bond acceptors (Lipinski definition) is 7. The number of pyridine rings is 2. The van der Waals surface area contributed by atoms with Gasteiger partial charge in [0.2, 0.25) is 10.0 Å². The molecule has 2 aromatic heterocycles. The summed E-state index contributed by atoms with van der Waals surface area (Å²) < 4.78 is 29.2. The van der Waals surface area contributed by atoms with Gasteiger partial charge in [-0.05, 0) is 65.2 Å². The smallest absolute Gasteiger partial charge is 0.242 e. The fourth-order valence-electron chi connectivity index (χ4n) is 3.95. The van der Waals surface area contributed by atoms with Crippen LogP contribution in [0.5, 0.6) is 0 Å². The summed E-state index contributed by atoms with van der Waals surface area (Å²) in [6.07, 6.45) is 5.50. The summed E-state index contributed by atoms with van der Waals surface area (Å²) in [5.74, 6) is 1.95. The number of nitrogens with zero attached hydrogens (tertiary/aromatic N) is 4. The van der Waals surface area contributed by atoms with Crippen LogP contribution >= 0.6 is 15.9 Å². The molecule has 3 rings (SSSR count). The van der Waals surface area contributed by atoms with Crippen molar-refractivity contribution in [1.29, 1.82) is 0 Å². The zero-order chi connectivity index (χ0) is 23.5. The molecule has 0 aliphatic carbocycles. The van der Waals surface area contributed by atoms with Gasteiger partial charge in [0.05, 0.1) is 0 Å². The Hall–Kier alpha value is -1.75. The first-order chi connectivity index (χ1) is 15.1. The van der Waals surface area contributed by atoms with Gasteiger partial charge in [0.1, 0.15) is 16.5 Å². The minimum atomic E-state index is -3.64. The van der Waals surface area contributed by atoms with Gasteiger partial charge in [-0.25, -0.2) is 23.1 Å². The molecular formula is C22H32BrN5O3S. The first-order valence-electron chi connectivity index (χ1n) is 10.8. The lowest BCUT2D eigenvalue weighted by molar-refractivity contribution is 0.259. The lowest BCUT2D eigenvalue weighted by atomic mass is 10.0. The van der Waals surface area contributed by atoms with E-state index in [1.165, 1.54) is 11.8 Å². The second kappa shape index (κ2) is 10.5. The topological polar surface area (TPSA) is 98.7 Å². The highest BCUT2D eigenvalue weighted by Gasteiger charge is 2.25. The van der Waals surface area contributed by atoms with Crippen molar-refractivity contribution < 1.29 is 13.5 Å². The highest BCUT2D eigenvalue weighted by molar-refractivity contribution is 9.10. The molecular weight excluding hydrogens is 494 g/mol. The normalized spacial score (nSPS) is 14.9. The molecule has 1 unspecified atom stereocenters. The number of sulfonamides is 1. The Morgan fingerprint density at radius 1 is 1.25 bits per heavy atom. The van der Waals surface area contributed by atoms with Crippen molar-refractivity contribution >= 4 is 37.6 Å². The quantitative estimate of drug-likeness (QED) is 0.519. The molecule has 8 nitrogen and oxygen atoms in total. The van der Waals surface area contributed by atoms with E-state index in [-0.39, 0.29) is 17.4 Å². The van der Waals surface area contributed by atoms with Crippen LogP contribution in [0.25, 0.3) is 0 Å². The Morgan fingerprint density at radius 2 is 2.00 bits per heavy atom. The molecule has 0 saturated heterocycles. The molecule has 0 bridgehead atoms. The van der Waals surface area contributed by atoms with Crippen molar-refractivity contribution in [1.82, 2.24) is 14.7 Å². The third kappa shape index (κ3) is 5.59. The zero-order valence-electron chi connectivity index (χ0n) is 19.1. The maximum Gasteiger partial charge on any atom is 0.242 e. The number of halogens is 1. The van der Waals surface area contributed by atoms with E-state index >= 15 is 0 Å². The number of nitrogens with one attached hydrogen (secondary N) is 1. The molecule has 0 spiro atoms. The summed E-state index contributed by atoms with van der Waals surface area (Å²) in [5.41, 5.74) is 3.08. The Morgan fingerprint density at radius 3 is 2.66 bits per heavy atom. The third-order valence-corrected chi connectivity index (χ3v) is 8.11. The lowest BCUT2D eigenvalue weighted by Gasteiger charge is -2.32. The number of aryl methyl sites for hydroxylation is 1. The third-order valence-electron chi connectivity index (χ3n) is 5.84. The summed E-state index contributed by atoms with van der Waals surface area (Å²) >= 11 is 3.62. The highest BCUT2D eigenvalue weighted by Crippen LogP contribution is 2.33. The molecule has 32 heavy (non-hydrogen) atoms. The van der Waals surface area contributed by atoms with Crippen molar-refractivity contribution in [3.8, 4) is 0 Å². The SMILES string of the molecule is Cc1cc(N2CCc3c(Br)cnc(N(C)C)c3C2)ncc1S(=O)(=O)NCCC(C)CCO. The summed E-state index contributed by atoms with van der Waals surface area (Å²) in [5, 5.41) is 8.99. The van der Waals surface area contributed by atoms with Crippen molar-refractivity contribution in [3.63, 3.8) is 0 Å². The molecule has 1 aliphatic rings. The minimum Gasteiger partial charge on any atom is -0.396 e. The number of aromatic nitrogens is 2. The predicted molar refractivity (Wildman–Crippen MR) is 131 cm³/mol. The average Bonchev–Trinajstić information content (AvgIpc) is 2.73. The molecule has 2 N–H and O–H groups in total. The van der Waals surface area contributed by atoms with Crippen LogP contribution in [0.15, 0.2) is 27.8 Å². The van der Waals surface area contributed by atoms with Crippen molar-refractivity contribution in [2.75, 3.05) is 43.6 Å². The number of aliphatic hydroxyl groups is 1. The molecule has 1 atom stereocenters. The molecule has 1 aliphatic heterocycles. The number of rotatable bonds is 9. The molecule has 0 radical (unpaired) electrons. The van der Waals surface area contributed by atoms with E-state index in [2.05, 4.69) is 35.5 Å². The van der Waals surface area contributed by atoms with Gasteiger partial charge >= 0.3 is 0 Å². The van der Waals surface area contributed by atoms with Gasteiger partial charge in [-0.2, -0.15) is 0 Å². The second-order valence-corrected chi connectivity index (χ2v) is 11.2. The number of hydrogen-bond donors (Lipinski definition) is 2. The summed E-state index contributed by atoms with van der Waals surface area (Å²) in [6, 6.07) is 1.84. The molecule has 3 heterocycles. The van der Waals surface area contributed by atoms with Gasteiger partial charge in [-0.15, -0.1) is 0 Å². The molecule has 0 fully saturated rings. The van der Waals surface area contributed by atoms with Crippen LogP contribution in [0, 0.1) is 12.8 Å². The molecule has 0 amide bonds. The molecule has 0 aromatic carbocycles. The Labute approximate surface area is 199 Å². The summed E-state index contributed by atoms with van der Waals surface area (Å²) in [6.45, 7) is 5.70. The molecule has 2 aromatic rings. The van der Waals surface area contributed by atoms with E-state index in [1.807, 2.05) is 38.2 Å². The maximum absolute atomic E-state index is 12.8. The van der Waals surface area contributed by atoms with Crippen molar-refractivity contribution in [2.24, 2.45) is 5.92 Å². The van der Waals surface area contributed by atoms with E-state index in [9.17, 15) is 8.42 Å². The first-order valence-corrected chi connectivity index (χ1v) is 13.1. The number of anilines is 2. The van der Waals surface area contributed by atoms with Gasteiger partial charge in [-0.3, -0.25) is 0 Å². The minimum absolute atomic E-state index is 0.114. The highest BCUT2D eigenvalue weighted by atomic mass is 79.9. The van der Waals surface area contributed by atoms with Crippen LogP contribution in [-0.2, 0) is 23.0 Å². The van der Waals surface area contributed by atoms with Crippen LogP contribution in [0.3, 0.4) is 0 Å². The largest absolute Gasteiger partial charge is 0.396 e. The zero-order valence-corrected chi connectivity index (χ0v) is 21.5. The van der Waals surface area contributed by atoms with Crippen LogP contribution in [0.4, 0.5) is 11.6 Å². The Balaban J connectivity index is 1.77. The van der Waals surface area contributed by atoms with E-state index in [4.69, 9.17) is 5.11 Å². The fraction of sp³-hybridized carbons (Fsp3) is 0.545. The van der Waals surface area contributed by atoms with E-state index in [0.717, 1.165) is 34.6 Å². The van der Waals surface area contributed by atoms with Gasteiger partial charge in [0.25, 0.3) is 0 Å². The van der Waals surface area contributed by atoms with E-state index in [0.29, 0.717) is 31.5 Å². The predicted octanol–water partition coefficient (Wildman–Crippen LogP) is 2.86.